The largest absolute Gasteiger partial charge is 0.451 e. The molecule has 48 valence electrons. The van der Waals surface area contributed by atoms with Gasteiger partial charge in [0.05, 0.1) is 0 Å². The summed E-state index contributed by atoms with van der Waals surface area (Å²) in [5.41, 5.74) is 1.16. The Morgan fingerprint density at radius 2 is 2.00 bits per heavy atom. The van der Waals surface area contributed by atoms with Gasteiger partial charge in [-0.1, -0.05) is 0 Å². The van der Waals surface area contributed by atoms with E-state index in [0.717, 1.165) is 11.3 Å². The Balaban J connectivity index is 3.33. The molecule has 9 heavy (non-hydrogen) atoms. The minimum absolute atomic E-state index is 0.563. The molecule has 0 aliphatic rings. The highest BCUT2D eigenvalue weighted by atomic mass is 32.1. The van der Waals surface area contributed by atoms with E-state index in [2.05, 4.69) is 0 Å². The molecule has 1 nitrogen and oxygen atoms in total. The molecule has 0 aliphatic carbocycles. The van der Waals surface area contributed by atoms with Crippen LogP contribution >= 0.6 is 12.2 Å². The maximum absolute atomic E-state index is 5.07. The van der Waals surface area contributed by atoms with Gasteiger partial charge in [-0.15, -0.1) is 0 Å². The van der Waals surface area contributed by atoms with Crippen molar-refractivity contribution in [2.24, 2.45) is 0 Å². The highest BCUT2D eigenvalue weighted by Gasteiger charge is 1.87. The highest BCUT2D eigenvalue weighted by molar-refractivity contribution is 7.71. The number of rotatable bonds is 0. The topological polar surface area (TPSA) is 13.1 Å². The fourth-order valence-electron chi connectivity index (χ4n) is 0.766. The van der Waals surface area contributed by atoms with Crippen LogP contribution in [0.4, 0.5) is 0 Å². The zero-order valence-corrected chi connectivity index (χ0v) is 6.29. The Bertz CT molecular complexity index is 239. The zero-order chi connectivity index (χ0) is 6.85. The lowest BCUT2D eigenvalue weighted by Crippen LogP contribution is -1.74. The molecule has 1 heterocycles. The summed E-state index contributed by atoms with van der Waals surface area (Å²) in [7, 11) is 0. The van der Waals surface area contributed by atoms with Crippen LogP contribution in [0.15, 0.2) is 16.5 Å². The van der Waals surface area contributed by atoms with Crippen molar-refractivity contribution < 1.29 is 4.42 Å². The summed E-state index contributed by atoms with van der Waals surface area (Å²) in [6.07, 6.45) is 0. The molecule has 0 fully saturated rings. The normalized spacial score (nSPS) is 9.56. The Morgan fingerprint density at radius 1 is 1.33 bits per heavy atom. The second kappa shape index (κ2) is 2.31. The average Bonchev–Trinajstić information content (AvgIpc) is 1.59. The van der Waals surface area contributed by atoms with Crippen molar-refractivity contribution in [1.82, 2.24) is 0 Å². The molecule has 1 aromatic heterocycles. The van der Waals surface area contributed by atoms with E-state index in [1.54, 1.807) is 0 Å². The summed E-state index contributed by atoms with van der Waals surface area (Å²) in [5, 5.41) is 0. The lowest BCUT2D eigenvalue weighted by atomic mass is 10.3. The van der Waals surface area contributed by atoms with Crippen LogP contribution in [-0.4, -0.2) is 0 Å². The van der Waals surface area contributed by atoms with E-state index in [-0.39, 0.29) is 0 Å². The Hall–Kier alpha value is -0.630. The van der Waals surface area contributed by atoms with Gasteiger partial charge in [-0.2, -0.15) is 0 Å². The molecule has 0 radical (unpaired) electrons. The fraction of sp³-hybridized carbons (Fsp3) is 0.286. The number of hydrogen-bond acceptors (Lipinski definition) is 2. The van der Waals surface area contributed by atoms with E-state index >= 15 is 0 Å². The standard InChI is InChI=1S/C7H8OS/c1-5-3-6(2)8-7(9)4-5/h3-4H,1-2H3. The van der Waals surface area contributed by atoms with E-state index in [1.165, 1.54) is 0 Å². The first-order valence-corrected chi connectivity index (χ1v) is 3.18. The molecule has 0 saturated heterocycles. The third kappa shape index (κ3) is 1.64. The monoisotopic (exact) mass is 140 g/mol. The fourth-order valence-corrected chi connectivity index (χ4v) is 1.08. The molecule has 0 atom stereocenters. The van der Waals surface area contributed by atoms with E-state index < -0.39 is 0 Å². The summed E-state index contributed by atoms with van der Waals surface area (Å²) < 4.78 is 5.64. The second-order valence-electron chi connectivity index (χ2n) is 2.06. The van der Waals surface area contributed by atoms with Crippen LogP contribution in [0.1, 0.15) is 11.3 Å². The summed E-state index contributed by atoms with van der Waals surface area (Å²) in [5.74, 6) is 0.875. The summed E-state index contributed by atoms with van der Waals surface area (Å²) in [6, 6.07) is 3.79. The maximum Gasteiger partial charge on any atom is 0.190 e. The maximum atomic E-state index is 5.07. The first kappa shape index (κ1) is 6.49. The quantitative estimate of drug-likeness (QED) is 0.514. The van der Waals surface area contributed by atoms with Gasteiger partial charge in [-0.25, -0.2) is 0 Å². The molecule has 2 heteroatoms. The smallest absolute Gasteiger partial charge is 0.190 e. The molecular formula is C7H8OS. The van der Waals surface area contributed by atoms with Gasteiger partial charge < -0.3 is 4.42 Å². The van der Waals surface area contributed by atoms with Gasteiger partial charge in [0.1, 0.15) is 5.76 Å². The Labute approximate surface area is 59.3 Å². The minimum Gasteiger partial charge on any atom is -0.451 e. The van der Waals surface area contributed by atoms with Crippen LogP contribution in [0.2, 0.25) is 0 Å². The number of aryl methyl sites for hydroxylation is 2. The molecule has 0 amide bonds. The van der Waals surface area contributed by atoms with E-state index in [4.69, 9.17) is 16.6 Å². The van der Waals surface area contributed by atoms with Crippen LogP contribution in [0, 0.1) is 18.6 Å². The lowest BCUT2D eigenvalue weighted by Gasteiger charge is -1.91. The van der Waals surface area contributed by atoms with Crippen molar-refractivity contribution in [3.63, 3.8) is 0 Å². The van der Waals surface area contributed by atoms with Crippen molar-refractivity contribution in [2.45, 2.75) is 13.8 Å². The first-order valence-electron chi connectivity index (χ1n) is 2.77. The molecule has 0 bridgehead atoms. The van der Waals surface area contributed by atoms with E-state index in [0.29, 0.717) is 4.71 Å². The van der Waals surface area contributed by atoms with Crippen LogP contribution < -0.4 is 0 Å². The molecule has 0 N–H and O–H groups in total. The molecule has 0 saturated carbocycles. The average molecular weight is 140 g/mol. The Morgan fingerprint density at radius 3 is 2.44 bits per heavy atom. The van der Waals surface area contributed by atoms with E-state index in [9.17, 15) is 0 Å². The molecule has 0 aromatic carbocycles. The van der Waals surface area contributed by atoms with Gasteiger partial charge in [-0.3, -0.25) is 0 Å². The third-order valence-electron chi connectivity index (χ3n) is 1.04. The van der Waals surface area contributed by atoms with Gasteiger partial charge in [-0.05, 0) is 43.8 Å². The van der Waals surface area contributed by atoms with Crippen molar-refractivity contribution in [2.75, 3.05) is 0 Å². The van der Waals surface area contributed by atoms with Crippen LogP contribution in [-0.2, 0) is 0 Å². The SMILES string of the molecule is Cc1cc(C)oc(=S)c1. The van der Waals surface area contributed by atoms with Crippen molar-refractivity contribution in [3.8, 4) is 0 Å². The van der Waals surface area contributed by atoms with Crippen molar-refractivity contribution in [1.29, 1.82) is 0 Å². The third-order valence-corrected chi connectivity index (χ3v) is 1.24. The summed E-state index contributed by atoms with van der Waals surface area (Å²) in [4.78, 5) is 0. The molecule has 1 rings (SSSR count). The molecule has 0 unspecified atom stereocenters. The predicted octanol–water partition coefficient (Wildman–Crippen LogP) is 2.63. The van der Waals surface area contributed by atoms with Crippen LogP contribution in [0.25, 0.3) is 0 Å². The Kier molecular flexibility index (Phi) is 1.67. The first-order chi connectivity index (χ1) is 4.18. The lowest BCUT2D eigenvalue weighted by molar-refractivity contribution is 0.500. The van der Waals surface area contributed by atoms with Gasteiger partial charge in [0.15, 0.2) is 4.71 Å². The van der Waals surface area contributed by atoms with Gasteiger partial charge in [0.25, 0.3) is 0 Å². The van der Waals surface area contributed by atoms with Gasteiger partial charge in [0.2, 0.25) is 0 Å². The van der Waals surface area contributed by atoms with E-state index in [1.807, 2.05) is 26.0 Å². The number of hydrogen-bond donors (Lipinski definition) is 0. The molecule has 0 aliphatic heterocycles. The predicted molar refractivity (Wildman–Crippen MR) is 39.0 cm³/mol. The zero-order valence-electron chi connectivity index (χ0n) is 5.47. The van der Waals surface area contributed by atoms with Crippen LogP contribution in [0.5, 0.6) is 0 Å². The van der Waals surface area contributed by atoms with Crippen molar-refractivity contribution in [3.05, 3.63) is 28.2 Å². The highest BCUT2D eigenvalue weighted by Crippen LogP contribution is 2.03. The summed E-state index contributed by atoms with van der Waals surface area (Å²) in [6.45, 7) is 3.89. The molecule has 1 aromatic rings. The minimum atomic E-state index is 0.563. The molecule has 0 spiro atoms. The van der Waals surface area contributed by atoms with Gasteiger partial charge >= 0.3 is 0 Å². The van der Waals surface area contributed by atoms with Crippen LogP contribution in [0.3, 0.4) is 0 Å². The second-order valence-corrected chi connectivity index (χ2v) is 2.47. The molecular weight excluding hydrogens is 132 g/mol. The van der Waals surface area contributed by atoms with Crippen molar-refractivity contribution >= 4 is 12.2 Å². The van der Waals surface area contributed by atoms with Gasteiger partial charge in [0, 0.05) is 0 Å². The summed E-state index contributed by atoms with van der Waals surface area (Å²) >= 11 is 4.82.